The summed E-state index contributed by atoms with van der Waals surface area (Å²) >= 11 is 0. The molecule has 2 aliphatic heterocycles. The topological polar surface area (TPSA) is 79.6 Å². The third kappa shape index (κ3) is 3.58. The number of anilines is 1. The maximum absolute atomic E-state index is 13.8. The van der Waals surface area contributed by atoms with Gasteiger partial charge in [-0.05, 0) is 31.9 Å². The van der Waals surface area contributed by atoms with Crippen LogP contribution >= 0.6 is 0 Å². The van der Waals surface area contributed by atoms with Gasteiger partial charge in [-0.1, -0.05) is 0 Å². The fourth-order valence-corrected chi connectivity index (χ4v) is 4.28. The van der Waals surface area contributed by atoms with Crippen molar-refractivity contribution in [1.82, 2.24) is 15.1 Å². The molecular weight excluding hydrogens is 418 g/mol. The van der Waals surface area contributed by atoms with Crippen molar-refractivity contribution in [3.63, 3.8) is 0 Å². The molecular formula is C23H22F2N4O3. The smallest absolute Gasteiger partial charge is 0.412 e. The Balaban J connectivity index is 1.64. The highest BCUT2D eigenvalue weighted by atomic mass is 19.1. The summed E-state index contributed by atoms with van der Waals surface area (Å²) in [5.41, 5.74) is 2.67. The van der Waals surface area contributed by atoms with Crippen molar-refractivity contribution in [2.24, 2.45) is 0 Å². The maximum Gasteiger partial charge on any atom is 0.412 e. The first-order valence-corrected chi connectivity index (χ1v) is 10.5. The average Bonchev–Trinajstić information content (AvgIpc) is 3.14. The molecule has 166 valence electrons. The summed E-state index contributed by atoms with van der Waals surface area (Å²) < 4.78 is 35.6. The molecule has 32 heavy (non-hydrogen) atoms. The Hall–Kier alpha value is -3.46. The van der Waals surface area contributed by atoms with Gasteiger partial charge in [-0.3, -0.25) is 9.58 Å². The van der Waals surface area contributed by atoms with Gasteiger partial charge in [0.1, 0.15) is 23.1 Å². The third-order valence-corrected chi connectivity index (χ3v) is 6.06. The van der Waals surface area contributed by atoms with Crippen LogP contribution in [-0.2, 0) is 6.42 Å². The summed E-state index contributed by atoms with van der Waals surface area (Å²) in [5, 5.41) is 17.4. The Bertz CT molecular complexity index is 1170. The van der Waals surface area contributed by atoms with Gasteiger partial charge in [0.25, 0.3) is 0 Å². The van der Waals surface area contributed by atoms with Crippen molar-refractivity contribution in [2.45, 2.75) is 31.8 Å². The number of halogens is 2. The van der Waals surface area contributed by atoms with E-state index in [1.807, 2.05) is 17.8 Å². The molecule has 2 N–H and O–H groups in total. The first-order valence-electron chi connectivity index (χ1n) is 10.5. The molecule has 3 aromatic rings. The number of nitrogens with zero attached hydrogens (tertiary/aromatic N) is 3. The summed E-state index contributed by atoms with van der Waals surface area (Å²) in [6.07, 6.45) is 3.75. The van der Waals surface area contributed by atoms with E-state index in [1.54, 1.807) is 18.3 Å². The molecule has 7 nitrogen and oxygen atoms in total. The molecule has 1 fully saturated rings. The molecule has 5 rings (SSSR count). The number of hydrogen-bond acceptors (Lipinski definition) is 4. The minimum Gasteiger partial charge on any atom is -0.465 e. The number of ether oxygens (including phenoxy) is 1. The summed E-state index contributed by atoms with van der Waals surface area (Å²) in [4.78, 5) is 13.2. The molecule has 1 atom stereocenters. The normalized spacial score (nSPS) is 18.2. The minimum absolute atomic E-state index is 0.00762. The van der Waals surface area contributed by atoms with Crippen LogP contribution in [0, 0.1) is 11.6 Å². The summed E-state index contributed by atoms with van der Waals surface area (Å²) in [6.45, 7) is 3.52. The maximum atomic E-state index is 13.8. The van der Waals surface area contributed by atoms with Gasteiger partial charge in [0.15, 0.2) is 0 Å². The minimum atomic E-state index is -1.06. The average molecular weight is 440 g/mol. The molecule has 0 saturated carbocycles. The molecule has 9 heteroatoms. The molecule has 1 aromatic heterocycles. The van der Waals surface area contributed by atoms with E-state index in [0.29, 0.717) is 35.4 Å². The van der Waals surface area contributed by atoms with Crippen LogP contribution in [0.3, 0.4) is 0 Å². The van der Waals surface area contributed by atoms with Gasteiger partial charge in [0, 0.05) is 60.2 Å². The summed E-state index contributed by atoms with van der Waals surface area (Å²) in [7, 11) is 0. The van der Waals surface area contributed by atoms with Gasteiger partial charge in [-0.25, -0.2) is 13.6 Å². The monoisotopic (exact) mass is 440 g/mol. The van der Waals surface area contributed by atoms with Crippen LogP contribution in [0.4, 0.5) is 19.3 Å². The molecule has 0 radical (unpaired) electrons. The lowest BCUT2D eigenvalue weighted by Gasteiger charge is -2.34. The molecule has 1 saturated heterocycles. The highest BCUT2D eigenvalue weighted by Gasteiger charge is 2.32. The number of amides is 1. The Kier molecular flexibility index (Phi) is 5.05. The quantitative estimate of drug-likeness (QED) is 0.621. The second kappa shape index (κ2) is 7.90. The van der Waals surface area contributed by atoms with Gasteiger partial charge in [0.2, 0.25) is 0 Å². The SMILES string of the molecule is C[C@H]1CCc2c(ccc(-c3cnn(C4CNC4)c3)c2Oc2cc(F)cc(F)c2)N1C(=O)O. The molecule has 0 spiro atoms. The summed E-state index contributed by atoms with van der Waals surface area (Å²) in [5.74, 6) is -1.11. The van der Waals surface area contributed by atoms with Crippen LogP contribution in [-0.4, -0.2) is 40.1 Å². The van der Waals surface area contributed by atoms with Gasteiger partial charge >= 0.3 is 6.09 Å². The predicted octanol–water partition coefficient (Wildman–Crippen LogP) is 4.58. The first-order chi connectivity index (χ1) is 15.4. The fourth-order valence-electron chi connectivity index (χ4n) is 4.28. The zero-order chi connectivity index (χ0) is 22.4. The standard InChI is InChI=1S/C23H22F2N4O3/c1-13-2-3-20-21(29(13)23(30)31)5-4-19(14-9-27-28(12-14)17-10-26-11-17)22(20)32-18-7-15(24)6-16(25)8-18/h4-9,12-13,17,26H,2-3,10-11H2,1H3,(H,30,31)/t13-/m0/s1. The molecule has 3 heterocycles. The molecule has 2 aromatic carbocycles. The zero-order valence-electron chi connectivity index (χ0n) is 17.4. The van der Waals surface area contributed by atoms with Crippen molar-refractivity contribution >= 4 is 11.8 Å². The second-order valence-electron chi connectivity index (χ2n) is 8.21. The largest absolute Gasteiger partial charge is 0.465 e. The number of fused-ring (bicyclic) bond motifs is 1. The van der Waals surface area contributed by atoms with Crippen molar-refractivity contribution in [3.8, 4) is 22.6 Å². The number of carbonyl (C=O) groups is 1. The van der Waals surface area contributed by atoms with Crippen molar-refractivity contribution < 1.29 is 23.4 Å². The second-order valence-corrected chi connectivity index (χ2v) is 8.21. The van der Waals surface area contributed by atoms with E-state index in [2.05, 4.69) is 10.4 Å². The first kappa shape index (κ1) is 20.4. The van der Waals surface area contributed by atoms with Crippen LogP contribution in [0.5, 0.6) is 11.5 Å². The molecule has 1 amide bonds. The molecule has 2 aliphatic rings. The van der Waals surface area contributed by atoms with Crippen LogP contribution in [0.25, 0.3) is 11.1 Å². The number of benzene rings is 2. The predicted molar refractivity (Wildman–Crippen MR) is 114 cm³/mol. The highest BCUT2D eigenvalue weighted by molar-refractivity contribution is 5.91. The zero-order valence-corrected chi connectivity index (χ0v) is 17.4. The van der Waals surface area contributed by atoms with Gasteiger partial charge in [-0.15, -0.1) is 0 Å². The Labute approximate surface area is 183 Å². The van der Waals surface area contributed by atoms with E-state index >= 15 is 0 Å². The molecule has 0 bridgehead atoms. The van der Waals surface area contributed by atoms with E-state index in [9.17, 15) is 18.7 Å². The van der Waals surface area contributed by atoms with Crippen LogP contribution in [0.15, 0.2) is 42.7 Å². The van der Waals surface area contributed by atoms with E-state index in [1.165, 1.54) is 4.90 Å². The lowest BCUT2D eigenvalue weighted by Crippen LogP contribution is -2.43. The lowest BCUT2D eigenvalue weighted by molar-refractivity contribution is 0.198. The van der Waals surface area contributed by atoms with Gasteiger partial charge in [0.05, 0.1) is 17.9 Å². The van der Waals surface area contributed by atoms with Crippen molar-refractivity contribution in [2.75, 3.05) is 18.0 Å². The van der Waals surface area contributed by atoms with Crippen LogP contribution < -0.4 is 15.0 Å². The van der Waals surface area contributed by atoms with Crippen molar-refractivity contribution in [1.29, 1.82) is 0 Å². The van der Waals surface area contributed by atoms with Gasteiger partial charge in [-0.2, -0.15) is 5.10 Å². The molecule has 0 unspecified atom stereocenters. The number of aromatic nitrogens is 2. The number of hydrogen-bond donors (Lipinski definition) is 2. The number of nitrogens with one attached hydrogen (secondary N) is 1. The number of rotatable bonds is 4. The molecule has 0 aliphatic carbocycles. The fraction of sp³-hybridized carbons (Fsp3) is 0.304. The summed E-state index contributed by atoms with van der Waals surface area (Å²) in [6, 6.07) is 6.60. The van der Waals surface area contributed by atoms with E-state index in [0.717, 1.165) is 36.9 Å². The number of carboxylic acid groups (broad SMARTS) is 1. The highest BCUT2D eigenvalue weighted by Crippen LogP contribution is 2.45. The van der Waals surface area contributed by atoms with E-state index in [4.69, 9.17) is 4.74 Å². The van der Waals surface area contributed by atoms with Crippen molar-refractivity contribution in [3.05, 3.63) is 59.9 Å². The lowest BCUT2D eigenvalue weighted by atomic mass is 9.92. The van der Waals surface area contributed by atoms with Crippen LogP contribution in [0.1, 0.15) is 24.9 Å². The Morgan fingerprint density at radius 1 is 1.22 bits per heavy atom. The van der Waals surface area contributed by atoms with Crippen LogP contribution in [0.2, 0.25) is 0 Å². The third-order valence-electron chi connectivity index (χ3n) is 6.06. The van der Waals surface area contributed by atoms with Gasteiger partial charge < -0.3 is 15.2 Å². The van der Waals surface area contributed by atoms with E-state index in [-0.39, 0.29) is 17.8 Å². The Morgan fingerprint density at radius 3 is 2.62 bits per heavy atom. The Morgan fingerprint density at radius 2 is 1.97 bits per heavy atom. The van der Waals surface area contributed by atoms with E-state index < -0.39 is 17.7 Å².